The van der Waals surface area contributed by atoms with Gasteiger partial charge in [-0.1, -0.05) is 18.2 Å². The summed E-state index contributed by atoms with van der Waals surface area (Å²) in [5, 5.41) is 15.9. The first-order valence-electron chi connectivity index (χ1n) is 8.46. The molecule has 0 fully saturated rings. The van der Waals surface area contributed by atoms with E-state index in [4.69, 9.17) is 5.73 Å². The molecular weight excluding hydrogens is 350 g/mol. The van der Waals surface area contributed by atoms with Gasteiger partial charge in [0, 0.05) is 19.6 Å². The third kappa shape index (κ3) is 3.16. The van der Waals surface area contributed by atoms with Crippen LogP contribution in [0.5, 0.6) is 0 Å². The lowest BCUT2D eigenvalue weighted by atomic mass is 9.96. The largest absolute Gasteiger partial charge is 0.394 e. The summed E-state index contributed by atoms with van der Waals surface area (Å²) in [6, 6.07) is 6.00. The summed E-state index contributed by atoms with van der Waals surface area (Å²) in [7, 11) is 0. The van der Waals surface area contributed by atoms with Gasteiger partial charge in [-0.3, -0.25) is 14.4 Å². The molecule has 27 heavy (non-hydrogen) atoms. The van der Waals surface area contributed by atoms with E-state index in [2.05, 4.69) is 25.9 Å². The number of nitrogen functional groups attached to an aromatic ring is 1. The second-order valence-electron chi connectivity index (χ2n) is 6.50. The van der Waals surface area contributed by atoms with Crippen LogP contribution in [-0.2, 0) is 30.7 Å². The van der Waals surface area contributed by atoms with E-state index in [9.17, 15) is 14.4 Å². The second-order valence-corrected chi connectivity index (χ2v) is 6.50. The zero-order valence-electron chi connectivity index (χ0n) is 14.4. The average Bonchev–Trinajstić information content (AvgIpc) is 3.19. The van der Waals surface area contributed by atoms with Crippen LogP contribution in [0.15, 0.2) is 27.8 Å². The van der Waals surface area contributed by atoms with E-state index in [0.29, 0.717) is 31.1 Å². The van der Waals surface area contributed by atoms with Crippen molar-refractivity contribution < 1.29 is 4.79 Å². The van der Waals surface area contributed by atoms with Crippen LogP contribution in [0.2, 0.25) is 0 Å². The molecule has 4 rings (SSSR count). The Morgan fingerprint density at radius 3 is 2.85 bits per heavy atom. The molecule has 10 nitrogen and oxygen atoms in total. The number of nitrogens with one attached hydrogen (secondary N) is 2. The van der Waals surface area contributed by atoms with E-state index in [1.165, 1.54) is 5.56 Å². The van der Waals surface area contributed by atoms with Gasteiger partial charge < -0.3 is 16.0 Å². The molecule has 0 bridgehead atoms. The highest BCUT2D eigenvalue weighted by Crippen LogP contribution is 2.26. The Bertz CT molecular complexity index is 1070. The standard InChI is InChI=1S/C17H17N7O3/c18-14-15(17(27)16(14)26)24-4-3-10-2-1-9(5-11(10)8-24)7-19-13(25)6-12-20-22-23-21-12/h1-2,5H,3-4,6-8,18H2,(H,19,25)(H,20,21,22,23). The van der Waals surface area contributed by atoms with Crippen molar-refractivity contribution in [3.05, 3.63) is 61.2 Å². The van der Waals surface area contributed by atoms with Gasteiger partial charge in [0.1, 0.15) is 11.4 Å². The Morgan fingerprint density at radius 1 is 1.26 bits per heavy atom. The Balaban J connectivity index is 1.43. The lowest BCUT2D eigenvalue weighted by Gasteiger charge is -2.32. The molecule has 10 heteroatoms. The van der Waals surface area contributed by atoms with E-state index in [-0.39, 0.29) is 18.0 Å². The SMILES string of the molecule is Nc1c(N2CCc3ccc(CNC(=O)Cc4nnn[nH]4)cc3C2)c(=O)c1=O. The lowest BCUT2D eigenvalue weighted by Crippen LogP contribution is -2.44. The van der Waals surface area contributed by atoms with Gasteiger partial charge >= 0.3 is 0 Å². The first-order valence-corrected chi connectivity index (χ1v) is 8.46. The number of hydrogen-bond acceptors (Lipinski definition) is 8. The number of carbonyl (C=O) groups excluding carboxylic acids is 1. The third-order valence-electron chi connectivity index (χ3n) is 4.73. The normalized spacial score (nSPS) is 13.6. The van der Waals surface area contributed by atoms with E-state index < -0.39 is 10.9 Å². The number of aromatic amines is 1. The number of nitrogens with zero attached hydrogens (tertiary/aromatic N) is 4. The highest BCUT2D eigenvalue weighted by Gasteiger charge is 2.26. The fourth-order valence-electron chi connectivity index (χ4n) is 3.29. The van der Waals surface area contributed by atoms with Gasteiger partial charge in [-0.15, -0.1) is 5.10 Å². The molecule has 1 aliphatic heterocycles. The summed E-state index contributed by atoms with van der Waals surface area (Å²) >= 11 is 0. The van der Waals surface area contributed by atoms with Crippen LogP contribution in [0.4, 0.5) is 11.4 Å². The maximum atomic E-state index is 11.9. The van der Waals surface area contributed by atoms with E-state index >= 15 is 0 Å². The minimum absolute atomic E-state index is 0.0498. The van der Waals surface area contributed by atoms with E-state index in [1.54, 1.807) is 0 Å². The number of carbonyl (C=O) groups is 1. The second kappa shape index (κ2) is 6.63. The fourth-order valence-corrected chi connectivity index (χ4v) is 3.29. The van der Waals surface area contributed by atoms with Crippen LogP contribution in [-0.4, -0.2) is 33.1 Å². The number of hydrogen-bond donors (Lipinski definition) is 3. The highest BCUT2D eigenvalue weighted by molar-refractivity contribution is 5.77. The van der Waals surface area contributed by atoms with Crippen molar-refractivity contribution >= 4 is 17.3 Å². The molecule has 0 radical (unpaired) electrons. The quantitative estimate of drug-likeness (QED) is 0.477. The van der Waals surface area contributed by atoms with E-state index in [1.807, 2.05) is 23.1 Å². The molecule has 0 spiro atoms. The minimum atomic E-state index is -0.603. The molecule has 0 saturated carbocycles. The summed E-state index contributed by atoms with van der Waals surface area (Å²) in [6.07, 6.45) is 0.841. The van der Waals surface area contributed by atoms with Crippen molar-refractivity contribution in [2.24, 2.45) is 0 Å². The topological polar surface area (TPSA) is 147 Å². The molecule has 4 N–H and O–H groups in total. The summed E-state index contributed by atoms with van der Waals surface area (Å²) in [5.41, 5.74) is 8.12. The molecule has 2 heterocycles. The Kier molecular flexibility index (Phi) is 4.15. The van der Waals surface area contributed by atoms with Crippen molar-refractivity contribution in [2.45, 2.75) is 25.9 Å². The number of anilines is 2. The van der Waals surface area contributed by atoms with Gasteiger partial charge in [0.2, 0.25) is 5.91 Å². The predicted octanol–water partition coefficient (Wildman–Crippen LogP) is -1.20. The number of aromatic nitrogens is 4. The van der Waals surface area contributed by atoms with Crippen LogP contribution >= 0.6 is 0 Å². The zero-order chi connectivity index (χ0) is 19.0. The minimum Gasteiger partial charge on any atom is -0.394 e. The summed E-state index contributed by atoms with van der Waals surface area (Å²) < 4.78 is 0. The van der Waals surface area contributed by atoms with Crippen molar-refractivity contribution in [2.75, 3.05) is 17.2 Å². The molecule has 0 aliphatic carbocycles. The number of tetrazole rings is 1. The van der Waals surface area contributed by atoms with Gasteiger partial charge in [-0.05, 0) is 33.5 Å². The number of benzene rings is 1. The van der Waals surface area contributed by atoms with Gasteiger partial charge in [-0.25, -0.2) is 5.10 Å². The monoisotopic (exact) mass is 367 g/mol. The smallest absolute Gasteiger partial charge is 0.253 e. The van der Waals surface area contributed by atoms with Gasteiger partial charge in [-0.2, -0.15) is 0 Å². The maximum Gasteiger partial charge on any atom is 0.253 e. The summed E-state index contributed by atoms with van der Waals surface area (Å²) in [5.74, 6) is 0.212. The Morgan fingerprint density at radius 2 is 2.11 bits per heavy atom. The molecule has 2 aromatic carbocycles. The van der Waals surface area contributed by atoms with E-state index in [0.717, 1.165) is 17.5 Å². The first-order chi connectivity index (χ1) is 13.0. The fraction of sp³-hybridized carbons (Fsp3) is 0.294. The van der Waals surface area contributed by atoms with Crippen LogP contribution in [0, 0.1) is 0 Å². The predicted molar refractivity (Wildman–Crippen MR) is 96.7 cm³/mol. The van der Waals surface area contributed by atoms with Crippen molar-refractivity contribution in [3.8, 4) is 0 Å². The summed E-state index contributed by atoms with van der Waals surface area (Å²) in [4.78, 5) is 36.9. The number of fused-ring (bicyclic) bond motifs is 1. The van der Waals surface area contributed by atoms with Gasteiger partial charge in [0.25, 0.3) is 10.9 Å². The van der Waals surface area contributed by atoms with Crippen LogP contribution < -0.4 is 26.8 Å². The summed E-state index contributed by atoms with van der Waals surface area (Å²) in [6.45, 7) is 1.52. The maximum absolute atomic E-state index is 11.9. The average molecular weight is 367 g/mol. The lowest BCUT2D eigenvalue weighted by molar-refractivity contribution is -0.120. The molecule has 3 aromatic rings. The van der Waals surface area contributed by atoms with Crippen molar-refractivity contribution in [1.29, 1.82) is 0 Å². The zero-order valence-corrected chi connectivity index (χ0v) is 14.4. The number of rotatable bonds is 5. The number of amides is 1. The first kappa shape index (κ1) is 16.9. The Labute approximate surface area is 153 Å². The van der Waals surface area contributed by atoms with Crippen molar-refractivity contribution in [3.63, 3.8) is 0 Å². The number of H-pyrrole nitrogens is 1. The molecule has 138 valence electrons. The highest BCUT2D eigenvalue weighted by atomic mass is 16.2. The Hall–Kier alpha value is -3.56. The van der Waals surface area contributed by atoms with Crippen LogP contribution in [0.25, 0.3) is 0 Å². The molecule has 1 aromatic heterocycles. The number of nitrogens with two attached hydrogens (primary N) is 1. The molecule has 0 atom stereocenters. The van der Waals surface area contributed by atoms with Crippen molar-refractivity contribution in [1.82, 2.24) is 25.9 Å². The van der Waals surface area contributed by atoms with Gasteiger partial charge in [0.15, 0.2) is 5.82 Å². The molecular formula is C17H17N7O3. The molecule has 1 aliphatic rings. The third-order valence-corrected chi connectivity index (χ3v) is 4.73. The molecule has 0 unspecified atom stereocenters. The van der Waals surface area contributed by atoms with Crippen LogP contribution in [0.3, 0.4) is 0 Å². The van der Waals surface area contributed by atoms with Crippen LogP contribution in [0.1, 0.15) is 22.5 Å². The molecule has 0 saturated heterocycles. The van der Waals surface area contributed by atoms with Gasteiger partial charge in [0.05, 0.1) is 6.42 Å². The molecule has 1 amide bonds.